The average molecular weight is 408 g/mol. The van der Waals surface area contributed by atoms with Crippen LogP contribution < -0.4 is 15.0 Å². The Balaban J connectivity index is 1.23. The zero-order chi connectivity index (χ0) is 20.7. The van der Waals surface area contributed by atoms with Crippen molar-refractivity contribution in [3.8, 4) is 5.75 Å². The molecule has 0 saturated carbocycles. The van der Waals surface area contributed by atoms with Gasteiger partial charge >= 0.3 is 0 Å². The van der Waals surface area contributed by atoms with Crippen LogP contribution in [0.1, 0.15) is 17.4 Å². The Morgan fingerprint density at radius 2 is 1.97 bits per heavy atom. The molecule has 30 heavy (non-hydrogen) atoms. The van der Waals surface area contributed by atoms with Crippen LogP contribution in [-0.2, 0) is 4.79 Å². The number of aromatic amines is 1. The van der Waals surface area contributed by atoms with Gasteiger partial charge in [-0.25, -0.2) is 4.39 Å². The number of ether oxygens (including phenoxy) is 1. The molecule has 1 aromatic heterocycles. The Kier molecular flexibility index (Phi) is 4.83. The number of fused-ring (bicyclic) bond motifs is 2. The summed E-state index contributed by atoms with van der Waals surface area (Å²) >= 11 is 0. The van der Waals surface area contributed by atoms with Crippen molar-refractivity contribution in [3.63, 3.8) is 0 Å². The Bertz CT molecular complexity index is 1090. The van der Waals surface area contributed by atoms with Crippen LogP contribution in [0.2, 0.25) is 0 Å². The van der Waals surface area contributed by atoms with Crippen molar-refractivity contribution in [3.05, 3.63) is 53.7 Å². The van der Waals surface area contributed by atoms with Crippen molar-refractivity contribution in [1.29, 1.82) is 0 Å². The first kappa shape index (κ1) is 18.9. The Morgan fingerprint density at radius 1 is 1.13 bits per heavy atom. The van der Waals surface area contributed by atoms with Crippen molar-refractivity contribution in [2.45, 2.75) is 13.1 Å². The molecule has 2 aliphatic heterocycles. The first-order chi connectivity index (χ1) is 14.6. The van der Waals surface area contributed by atoms with E-state index in [2.05, 4.69) is 51.3 Å². The van der Waals surface area contributed by atoms with Crippen LogP contribution in [0.5, 0.6) is 5.75 Å². The molecule has 1 atom stereocenters. The summed E-state index contributed by atoms with van der Waals surface area (Å²) in [4.78, 5) is 19.4. The lowest BCUT2D eigenvalue weighted by atomic mass is 10.1. The smallest absolute Gasteiger partial charge is 0.262 e. The number of aryl methyl sites for hydroxylation is 1. The molecule has 5 rings (SSSR count). The lowest BCUT2D eigenvalue weighted by Gasteiger charge is -2.37. The summed E-state index contributed by atoms with van der Waals surface area (Å²) in [6.07, 6.45) is -1.11. The SMILES string of the molecule is Cc1cc2c(N3CCN(CC(F)c4ccc5c(c4)NC(=O)CO5)CC3)cccc2[nH]1. The van der Waals surface area contributed by atoms with Crippen molar-refractivity contribution >= 4 is 28.2 Å². The van der Waals surface area contributed by atoms with Crippen molar-refractivity contribution < 1.29 is 13.9 Å². The molecule has 1 amide bonds. The fourth-order valence-corrected chi connectivity index (χ4v) is 4.35. The van der Waals surface area contributed by atoms with E-state index < -0.39 is 6.17 Å². The zero-order valence-electron chi connectivity index (χ0n) is 17.0. The quantitative estimate of drug-likeness (QED) is 0.692. The van der Waals surface area contributed by atoms with Gasteiger partial charge in [-0.1, -0.05) is 12.1 Å². The molecule has 0 spiro atoms. The number of anilines is 2. The van der Waals surface area contributed by atoms with Crippen molar-refractivity contribution in [2.75, 3.05) is 49.5 Å². The first-order valence-electron chi connectivity index (χ1n) is 10.3. The summed E-state index contributed by atoms with van der Waals surface area (Å²) in [6.45, 7) is 5.77. The van der Waals surface area contributed by atoms with E-state index in [4.69, 9.17) is 4.74 Å². The number of rotatable bonds is 4. The number of carbonyl (C=O) groups excluding carboxylic acids is 1. The molecular formula is C23H25FN4O2. The van der Waals surface area contributed by atoms with Gasteiger partial charge in [0.1, 0.15) is 11.9 Å². The predicted molar refractivity (Wildman–Crippen MR) is 116 cm³/mol. The van der Waals surface area contributed by atoms with E-state index in [-0.39, 0.29) is 12.5 Å². The molecule has 2 aromatic carbocycles. The number of H-pyrrole nitrogens is 1. The van der Waals surface area contributed by atoms with Gasteiger partial charge in [0.25, 0.3) is 5.91 Å². The van der Waals surface area contributed by atoms with E-state index in [0.717, 1.165) is 37.4 Å². The fraction of sp³-hybridized carbons (Fsp3) is 0.348. The van der Waals surface area contributed by atoms with Gasteiger partial charge in [0.05, 0.1) is 5.69 Å². The van der Waals surface area contributed by atoms with Gasteiger partial charge in [0.15, 0.2) is 6.61 Å². The monoisotopic (exact) mass is 408 g/mol. The molecule has 0 radical (unpaired) electrons. The number of benzene rings is 2. The van der Waals surface area contributed by atoms with E-state index >= 15 is 4.39 Å². The summed E-state index contributed by atoms with van der Waals surface area (Å²) in [5.74, 6) is 0.382. The lowest BCUT2D eigenvalue weighted by Crippen LogP contribution is -2.47. The van der Waals surface area contributed by atoms with Gasteiger partial charge in [-0.2, -0.15) is 0 Å². The van der Waals surface area contributed by atoms with Crippen molar-refractivity contribution in [1.82, 2.24) is 9.88 Å². The normalized spacial score (nSPS) is 18.1. The highest BCUT2D eigenvalue weighted by molar-refractivity contribution is 5.95. The van der Waals surface area contributed by atoms with Crippen LogP contribution in [0.3, 0.4) is 0 Å². The summed E-state index contributed by atoms with van der Waals surface area (Å²) in [5.41, 5.74) is 4.65. The van der Waals surface area contributed by atoms with E-state index in [0.29, 0.717) is 23.5 Å². The standard InChI is InChI=1S/C23H25FN4O2/c1-15-11-17-19(25-15)3-2-4-21(17)28-9-7-27(8-10-28)13-18(24)16-5-6-22-20(12-16)26-23(29)14-30-22/h2-6,11-12,18,25H,7-10,13-14H2,1H3,(H,26,29). The molecule has 156 valence electrons. The fourth-order valence-electron chi connectivity index (χ4n) is 4.35. The highest BCUT2D eigenvalue weighted by Gasteiger charge is 2.24. The van der Waals surface area contributed by atoms with E-state index in [9.17, 15) is 4.79 Å². The number of halogens is 1. The topological polar surface area (TPSA) is 60.6 Å². The number of amides is 1. The van der Waals surface area contributed by atoms with Crippen LogP contribution >= 0.6 is 0 Å². The Hall–Kier alpha value is -3.06. The molecule has 2 aliphatic rings. The Morgan fingerprint density at radius 3 is 2.80 bits per heavy atom. The van der Waals surface area contributed by atoms with E-state index in [1.165, 1.54) is 11.1 Å². The minimum absolute atomic E-state index is 0.00568. The zero-order valence-corrected chi connectivity index (χ0v) is 17.0. The number of aromatic nitrogens is 1. The van der Waals surface area contributed by atoms with Crippen LogP contribution in [0.15, 0.2) is 42.5 Å². The number of nitrogens with one attached hydrogen (secondary N) is 2. The molecule has 3 heterocycles. The molecule has 7 heteroatoms. The number of piperazine rings is 1. The van der Waals surface area contributed by atoms with Crippen LogP contribution in [0.4, 0.5) is 15.8 Å². The number of alkyl halides is 1. The molecule has 1 saturated heterocycles. The van der Waals surface area contributed by atoms with Gasteiger partial charge in [0, 0.05) is 55.0 Å². The minimum atomic E-state index is -1.11. The summed E-state index contributed by atoms with van der Waals surface area (Å²) in [5, 5.41) is 3.99. The molecular weight excluding hydrogens is 383 g/mol. The minimum Gasteiger partial charge on any atom is -0.482 e. The van der Waals surface area contributed by atoms with Crippen molar-refractivity contribution in [2.24, 2.45) is 0 Å². The molecule has 1 fully saturated rings. The molecule has 0 aliphatic carbocycles. The molecule has 6 nitrogen and oxygen atoms in total. The molecule has 0 bridgehead atoms. The third kappa shape index (κ3) is 3.61. The first-order valence-corrected chi connectivity index (χ1v) is 10.3. The number of nitrogens with zero attached hydrogens (tertiary/aromatic N) is 2. The second-order valence-electron chi connectivity index (χ2n) is 8.04. The third-order valence-corrected chi connectivity index (χ3v) is 5.91. The highest BCUT2D eigenvalue weighted by atomic mass is 19.1. The largest absolute Gasteiger partial charge is 0.482 e. The van der Waals surface area contributed by atoms with Gasteiger partial charge < -0.3 is 19.9 Å². The number of hydrogen-bond donors (Lipinski definition) is 2. The van der Waals surface area contributed by atoms with E-state index in [1.54, 1.807) is 18.2 Å². The van der Waals surface area contributed by atoms with Gasteiger partial charge in [-0.05, 0) is 42.8 Å². The van der Waals surface area contributed by atoms with Crippen LogP contribution in [0.25, 0.3) is 10.9 Å². The highest BCUT2D eigenvalue weighted by Crippen LogP contribution is 2.32. The van der Waals surface area contributed by atoms with Crippen LogP contribution in [-0.4, -0.2) is 55.1 Å². The number of hydrogen-bond acceptors (Lipinski definition) is 4. The summed E-state index contributed by atoms with van der Waals surface area (Å²) in [7, 11) is 0. The maximum atomic E-state index is 15.0. The van der Waals surface area contributed by atoms with Gasteiger partial charge in [0.2, 0.25) is 0 Å². The lowest BCUT2D eigenvalue weighted by molar-refractivity contribution is -0.118. The average Bonchev–Trinajstić information content (AvgIpc) is 3.14. The second kappa shape index (κ2) is 7.65. The Labute approximate surface area is 174 Å². The summed E-state index contributed by atoms with van der Waals surface area (Å²) < 4.78 is 20.4. The predicted octanol–water partition coefficient (Wildman–Crippen LogP) is 3.64. The van der Waals surface area contributed by atoms with Gasteiger partial charge in [-0.3, -0.25) is 9.69 Å². The second-order valence-corrected chi connectivity index (χ2v) is 8.04. The molecule has 2 N–H and O–H groups in total. The summed E-state index contributed by atoms with van der Waals surface area (Å²) in [6, 6.07) is 13.7. The van der Waals surface area contributed by atoms with Gasteiger partial charge in [-0.15, -0.1) is 0 Å². The third-order valence-electron chi connectivity index (χ3n) is 5.91. The molecule has 3 aromatic rings. The molecule has 1 unspecified atom stereocenters. The maximum Gasteiger partial charge on any atom is 0.262 e. The maximum absolute atomic E-state index is 15.0. The van der Waals surface area contributed by atoms with Crippen LogP contribution in [0, 0.1) is 6.92 Å². The van der Waals surface area contributed by atoms with E-state index in [1.807, 2.05) is 0 Å². The number of carbonyl (C=O) groups is 1.